The Balaban J connectivity index is 1.87. The molecule has 0 aromatic carbocycles. The summed E-state index contributed by atoms with van der Waals surface area (Å²) in [5.41, 5.74) is -1.75. The summed E-state index contributed by atoms with van der Waals surface area (Å²) in [4.78, 5) is 23.7. The summed E-state index contributed by atoms with van der Waals surface area (Å²) in [5.74, 6) is -2.16. The van der Waals surface area contributed by atoms with E-state index in [1.165, 1.54) is 0 Å². The maximum atomic E-state index is 11.9. The lowest BCUT2D eigenvalue weighted by molar-refractivity contribution is -0.193. The van der Waals surface area contributed by atoms with Crippen LogP contribution in [0.3, 0.4) is 0 Å². The standard InChI is InChI=1S/C15H20O6/c16-12(17)10-2-1-8-5-21-15(13(18)19)4-3-9-6-20-7-14(9,10)11(8)15/h8-11H,1-7H2,(H,16,17)(H,18,19). The van der Waals surface area contributed by atoms with Crippen molar-refractivity contribution in [1.82, 2.24) is 0 Å². The highest BCUT2D eigenvalue weighted by Gasteiger charge is 2.73. The zero-order valence-corrected chi connectivity index (χ0v) is 11.8. The Bertz CT molecular complexity index is 504. The van der Waals surface area contributed by atoms with Crippen molar-refractivity contribution >= 4 is 11.9 Å². The normalized spacial score (nSPS) is 51.2. The van der Waals surface area contributed by atoms with Crippen LogP contribution in [-0.2, 0) is 19.1 Å². The fraction of sp³-hybridized carbons (Fsp3) is 0.867. The van der Waals surface area contributed by atoms with E-state index in [0.29, 0.717) is 39.1 Å². The molecule has 2 saturated carbocycles. The van der Waals surface area contributed by atoms with Gasteiger partial charge in [-0.3, -0.25) is 4.79 Å². The Labute approximate surface area is 122 Å². The molecule has 21 heavy (non-hydrogen) atoms. The largest absolute Gasteiger partial charge is 0.481 e. The van der Waals surface area contributed by atoms with Crippen molar-refractivity contribution in [3.05, 3.63) is 0 Å². The van der Waals surface area contributed by atoms with E-state index in [1.807, 2.05) is 0 Å². The Morgan fingerprint density at radius 3 is 2.62 bits per heavy atom. The molecular formula is C15H20O6. The van der Waals surface area contributed by atoms with E-state index in [0.717, 1.165) is 6.42 Å². The maximum absolute atomic E-state index is 11.9. The van der Waals surface area contributed by atoms with Crippen LogP contribution in [0.2, 0.25) is 0 Å². The minimum Gasteiger partial charge on any atom is -0.481 e. The van der Waals surface area contributed by atoms with Gasteiger partial charge in [0.25, 0.3) is 0 Å². The Morgan fingerprint density at radius 2 is 1.90 bits per heavy atom. The van der Waals surface area contributed by atoms with E-state index in [2.05, 4.69) is 0 Å². The summed E-state index contributed by atoms with van der Waals surface area (Å²) in [6, 6.07) is 0. The summed E-state index contributed by atoms with van der Waals surface area (Å²) in [6.07, 6.45) is 2.51. The molecule has 0 radical (unpaired) electrons. The van der Waals surface area contributed by atoms with E-state index < -0.39 is 28.9 Å². The molecule has 4 fully saturated rings. The van der Waals surface area contributed by atoms with Crippen LogP contribution in [0.4, 0.5) is 0 Å². The molecule has 4 aliphatic rings. The number of carboxylic acids is 2. The van der Waals surface area contributed by atoms with Crippen molar-refractivity contribution in [2.45, 2.75) is 31.3 Å². The second kappa shape index (κ2) is 4.20. The molecule has 4 rings (SSSR count). The van der Waals surface area contributed by atoms with Crippen molar-refractivity contribution in [1.29, 1.82) is 0 Å². The third kappa shape index (κ3) is 1.45. The third-order valence-corrected chi connectivity index (χ3v) is 6.54. The molecule has 6 unspecified atom stereocenters. The lowest BCUT2D eigenvalue weighted by Crippen LogP contribution is -2.63. The van der Waals surface area contributed by atoms with Gasteiger partial charge in [-0.1, -0.05) is 0 Å². The number of rotatable bonds is 2. The molecule has 1 spiro atoms. The van der Waals surface area contributed by atoms with E-state index in [-0.39, 0.29) is 17.8 Å². The average molecular weight is 296 g/mol. The van der Waals surface area contributed by atoms with Crippen LogP contribution in [0.25, 0.3) is 0 Å². The SMILES string of the molecule is O=C(O)C1CCC2COC3(C(=O)O)CCC4COCC41C23. The van der Waals surface area contributed by atoms with Gasteiger partial charge in [-0.15, -0.1) is 0 Å². The monoisotopic (exact) mass is 296 g/mol. The van der Waals surface area contributed by atoms with Gasteiger partial charge in [0.05, 0.1) is 25.7 Å². The van der Waals surface area contributed by atoms with Gasteiger partial charge in [0.15, 0.2) is 5.60 Å². The van der Waals surface area contributed by atoms with E-state index >= 15 is 0 Å². The minimum atomic E-state index is -1.19. The topological polar surface area (TPSA) is 93.1 Å². The highest BCUT2D eigenvalue weighted by molar-refractivity contribution is 5.80. The summed E-state index contributed by atoms with van der Waals surface area (Å²) in [7, 11) is 0. The summed E-state index contributed by atoms with van der Waals surface area (Å²) >= 11 is 0. The molecule has 0 bridgehead atoms. The summed E-state index contributed by atoms with van der Waals surface area (Å²) in [6.45, 7) is 1.37. The van der Waals surface area contributed by atoms with Crippen LogP contribution in [0.1, 0.15) is 25.7 Å². The molecule has 6 atom stereocenters. The molecule has 2 saturated heterocycles. The molecule has 6 nitrogen and oxygen atoms in total. The van der Waals surface area contributed by atoms with Crippen molar-refractivity contribution < 1.29 is 29.3 Å². The van der Waals surface area contributed by atoms with Crippen LogP contribution in [0, 0.1) is 29.1 Å². The van der Waals surface area contributed by atoms with Crippen LogP contribution in [0.5, 0.6) is 0 Å². The summed E-state index contributed by atoms with van der Waals surface area (Å²) < 4.78 is 11.5. The number of hydrogen-bond acceptors (Lipinski definition) is 4. The molecule has 2 aliphatic heterocycles. The van der Waals surface area contributed by atoms with Crippen molar-refractivity contribution in [3.8, 4) is 0 Å². The highest BCUT2D eigenvalue weighted by Crippen LogP contribution is 2.66. The molecule has 0 aromatic rings. The van der Waals surface area contributed by atoms with Gasteiger partial charge >= 0.3 is 11.9 Å². The van der Waals surface area contributed by atoms with Crippen molar-refractivity contribution in [2.75, 3.05) is 19.8 Å². The van der Waals surface area contributed by atoms with Gasteiger partial charge in [0, 0.05) is 11.3 Å². The zero-order valence-electron chi connectivity index (χ0n) is 11.8. The first-order valence-corrected chi connectivity index (χ1v) is 7.70. The van der Waals surface area contributed by atoms with Crippen molar-refractivity contribution in [3.63, 3.8) is 0 Å². The first-order chi connectivity index (χ1) is 10.0. The van der Waals surface area contributed by atoms with E-state index in [9.17, 15) is 19.8 Å². The number of carbonyl (C=O) groups is 2. The number of aliphatic carboxylic acids is 2. The van der Waals surface area contributed by atoms with E-state index in [1.54, 1.807) is 0 Å². The van der Waals surface area contributed by atoms with Gasteiger partial charge in [-0.05, 0) is 37.5 Å². The fourth-order valence-corrected chi connectivity index (χ4v) is 5.81. The highest BCUT2D eigenvalue weighted by atomic mass is 16.5. The fourth-order valence-electron chi connectivity index (χ4n) is 5.81. The summed E-state index contributed by atoms with van der Waals surface area (Å²) in [5, 5.41) is 19.5. The van der Waals surface area contributed by atoms with Gasteiger partial charge in [0.1, 0.15) is 0 Å². The number of hydrogen-bond donors (Lipinski definition) is 2. The molecular weight excluding hydrogens is 276 g/mol. The average Bonchev–Trinajstić information content (AvgIpc) is 3.02. The Morgan fingerprint density at radius 1 is 1.10 bits per heavy atom. The lowest BCUT2D eigenvalue weighted by Gasteiger charge is -2.56. The zero-order chi connectivity index (χ0) is 14.8. The van der Waals surface area contributed by atoms with Crippen LogP contribution in [0.15, 0.2) is 0 Å². The first kappa shape index (κ1) is 13.5. The van der Waals surface area contributed by atoms with Crippen LogP contribution < -0.4 is 0 Å². The quantitative estimate of drug-likeness (QED) is 0.789. The van der Waals surface area contributed by atoms with Gasteiger partial charge in [-0.25, -0.2) is 4.79 Å². The van der Waals surface area contributed by atoms with Crippen LogP contribution >= 0.6 is 0 Å². The Kier molecular flexibility index (Phi) is 2.70. The second-order valence-corrected chi connectivity index (χ2v) is 7.07. The third-order valence-electron chi connectivity index (χ3n) is 6.54. The molecule has 116 valence electrons. The van der Waals surface area contributed by atoms with Gasteiger partial charge < -0.3 is 19.7 Å². The van der Waals surface area contributed by atoms with Gasteiger partial charge in [0.2, 0.25) is 0 Å². The van der Waals surface area contributed by atoms with E-state index in [4.69, 9.17) is 9.47 Å². The molecule has 6 heteroatoms. The second-order valence-electron chi connectivity index (χ2n) is 7.07. The molecule has 2 aliphatic carbocycles. The van der Waals surface area contributed by atoms with Gasteiger partial charge in [-0.2, -0.15) is 0 Å². The van der Waals surface area contributed by atoms with Crippen LogP contribution in [-0.4, -0.2) is 47.6 Å². The lowest BCUT2D eigenvalue weighted by atomic mass is 9.46. The minimum absolute atomic E-state index is 0.153. The number of ether oxygens (including phenoxy) is 2. The molecule has 0 aromatic heterocycles. The first-order valence-electron chi connectivity index (χ1n) is 7.70. The predicted molar refractivity (Wildman–Crippen MR) is 69.6 cm³/mol. The molecule has 2 heterocycles. The Hall–Kier alpha value is -1.14. The smallest absolute Gasteiger partial charge is 0.336 e. The predicted octanol–water partition coefficient (Wildman–Crippen LogP) is 0.994. The van der Waals surface area contributed by atoms with Crippen molar-refractivity contribution in [2.24, 2.45) is 29.1 Å². The molecule has 2 N–H and O–H groups in total. The number of carboxylic acid groups (broad SMARTS) is 2. The maximum Gasteiger partial charge on any atom is 0.336 e. The molecule has 0 amide bonds.